The topological polar surface area (TPSA) is 76.2 Å². The van der Waals surface area contributed by atoms with E-state index in [0.29, 0.717) is 4.60 Å². The molecule has 4 nitrogen and oxygen atoms in total. The van der Waals surface area contributed by atoms with Crippen LogP contribution in [-0.2, 0) is 11.2 Å². The van der Waals surface area contributed by atoms with Gasteiger partial charge in [-0.1, -0.05) is 0 Å². The normalized spacial score (nSPS) is 12.5. The van der Waals surface area contributed by atoms with Crippen LogP contribution < -0.4 is 5.73 Å². The molecule has 1 heterocycles. The number of rotatable bonds is 3. The summed E-state index contributed by atoms with van der Waals surface area (Å²) in [6, 6.07) is 0.845. The summed E-state index contributed by atoms with van der Waals surface area (Å²) in [6.07, 6.45) is 1.87. The largest absolute Gasteiger partial charge is 0.480 e. The van der Waals surface area contributed by atoms with E-state index >= 15 is 0 Å². The first-order valence-electron chi connectivity index (χ1n) is 3.79. The van der Waals surface area contributed by atoms with E-state index in [0.717, 1.165) is 10.0 Å². The average molecular weight is 324 g/mol. The summed E-state index contributed by atoms with van der Waals surface area (Å²) in [6.45, 7) is 0. The van der Waals surface area contributed by atoms with Crippen LogP contribution in [0.1, 0.15) is 5.56 Å². The van der Waals surface area contributed by atoms with E-state index in [1.54, 1.807) is 12.3 Å². The number of halogens is 2. The van der Waals surface area contributed by atoms with Crippen molar-refractivity contribution in [2.75, 3.05) is 0 Å². The number of carboxylic acid groups (broad SMARTS) is 1. The van der Waals surface area contributed by atoms with Crippen molar-refractivity contribution in [1.82, 2.24) is 4.98 Å². The molecule has 0 aromatic carbocycles. The first-order valence-corrected chi connectivity index (χ1v) is 5.38. The van der Waals surface area contributed by atoms with Gasteiger partial charge in [0.1, 0.15) is 10.6 Å². The maximum Gasteiger partial charge on any atom is 0.320 e. The lowest BCUT2D eigenvalue weighted by molar-refractivity contribution is -0.138. The number of nitrogens with zero attached hydrogens (tertiary/aromatic N) is 1. The fourth-order valence-corrected chi connectivity index (χ4v) is 1.71. The van der Waals surface area contributed by atoms with Gasteiger partial charge in [0.05, 0.1) is 4.47 Å². The van der Waals surface area contributed by atoms with E-state index < -0.39 is 12.0 Å². The third kappa shape index (κ3) is 2.76. The van der Waals surface area contributed by atoms with E-state index in [1.807, 2.05) is 0 Å². The van der Waals surface area contributed by atoms with E-state index in [-0.39, 0.29) is 6.42 Å². The van der Waals surface area contributed by atoms with Crippen LogP contribution in [0, 0.1) is 0 Å². The van der Waals surface area contributed by atoms with Crippen molar-refractivity contribution >= 4 is 37.8 Å². The van der Waals surface area contributed by atoms with Gasteiger partial charge in [-0.25, -0.2) is 4.98 Å². The van der Waals surface area contributed by atoms with Crippen molar-refractivity contribution in [2.24, 2.45) is 5.73 Å². The zero-order valence-corrected chi connectivity index (χ0v) is 10.2. The maximum atomic E-state index is 10.5. The van der Waals surface area contributed by atoms with Gasteiger partial charge in [0.25, 0.3) is 0 Å². The number of aliphatic carboxylic acids is 1. The molecule has 0 aliphatic carbocycles. The predicted octanol–water partition coefficient (Wildman–Crippen LogP) is 1.56. The molecule has 6 heteroatoms. The molecular formula is C8H8Br2N2O2. The number of carbonyl (C=O) groups is 1. The minimum atomic E-state index is -1.01. The molecule has 1 unspecified atom stereocenters. The second-order valence-electron chi connectivity index (χ2n) is 2.72. The molecule has 14 heavy (non-hydrogen) atoms. The summed E-state index contributed by atoms with van der Waals surface area (Å²) in [5, 5.41) is 8.64. The van der Waals surface area contributed by atoms with E-state index in [2.05, 4.69) is 36.8 Å². The Hall–Kier alpha value is -0.460. The summed E-state index contributed by atoms with van der Waals surface area (Å²) in [4.78, 5) is 14.5. The van der Waals surface area contributed by atoms with Crippen LogP contribution >= 0.6 is 31.9 Å². The standard InChI is InChI=1S/C8H8Br2N2O2/c9-6-4(1-2-12-7(6)10)3-5(11)8(13)14/h1-2,5H,3,11H2,(H,13,14). The average Bonchev–Trinajstić information content (AvgIpc) is 2.12. The van der Waals surface area contributed by atoms with E-state index in [9.17, 15) is 4.79 Å². The van der Waals surface area contributed by atoms with Crippen molar-refractivity contribution in [2.45, 2.75) is 12.5 Å². The summed E-state index contributed by atoms with van der Waals surface area (Å²) < 4.78 is 1.39. The number of hydrogen-bond donors (Lipinski definition) is 2. The van der Waals surface area contributed by atoms with Crippen molar-refractivity contribution < 1.29 is 9.90 Å². The molecule has 3 N–H and O–H groups in total. The highest BCUT2D eigenvalue weighted by Gasteiger charge is 2.14. The molecule has 1 atom stereocenters. The quantitative estimate of drug-likeness (QED) is 0.828. The zero-order chi connectivity index (χ0) is 10.7. The van der Waals surface area contributed by atoms with Crippen LogP contribution in [0.4, 0.5) is 0 Å². The molecule has 0 saturated heterocycles. The maximum absolute atomic E-state index is 10.5. The second-order valence-corrected chi connectivity index (χ2v) is 4.27. The highest BCUT2D eigenvalue weighted by Crippen LogP contribution is 2.24. The molecule has 1 rings (SSSR count). The lowest BCUT2D eigenvalue weighted by Gasteiger charge is -2.08. The molecule has 1 aromatic heterocycles. The van der Waals surface area contributed by atoms with Gasteiger partial charge in [-0.2, -0.15) is 0 Å². The number of hydrogen-bond acceptors (Lipinski definition) is 3. The van der Waals surface area contributed by atoms with Crippen LogP contribution in [0.3, 0.4) is 0 Å². The Labute approximate surface area is 97.8 Å². The Morgan fingerprint density at radius 3 is 2.86 bits per heavy atom. The summed E-state index contributed by atoms with van der Waals surface area (Å²) in [7, 11) is 0. The van der Waals surface area contributed by atoms with Crippen molar-refractivity contribution in [3.8, 4) is 0 Å². The van der Waals surface area contributed by atoms with E-state index in [4.69, 9.17) is 10.8 Å². The Morgan fingerprint density at radius 1 is 1.64 bits per heavy atom. The number of nitrogens with two attached hydrogens (primary N) is 1. The van der Waals surface area contributed by atoms with Crippen molar-refractivity contribution in [3.05, 3.63) is 26.9 Å². The molecule has 0 saturated carbocycles. The predicted molar refractivity (Wildman–Crippen MR) is 59.0 cm³/mol. The SMILES string of the molecule is NC(Cc1ccnc(Br)c1Br)C(=O)O. The van der Waals surface area contributed by atoms with Gasteiger partial charge in [0.15, 0.2) is 0 Å². The van der Waals surface area contributed by atoms with Crippen molar-refractivity contribution in [1.29, 1.82) is 0 Å². The lowest BCUT2D eigenvalue weighted by atomic mass is 10.1. The minimum Gasteiger partial charge on any atom is -0.480 e. The lowest BCUT2D eigenvalue weighted by Crippen LogP contribution is -2.32. The Balaban J connectivity index is 2.87. The Kier molecular flexibility index (Phi) is 4.03. The number of carboxylic acids is 1. The monoisotopic (exact) mass is 322 g/mol. The molecule has 0 aliphatic heterocycles. The van der Waals surface area contributed by atoms with Crippen molar-refractivity contribution in [3.63, 3.8) is 0 Å². The Morgan fingerprint density at radius 2 is 2.29 bits per heavy atom. The molecule has 0 fully saturated rings. The van der Waals surface area contributed by atoms with Gasteiger partial charge < -0.3 is 10.8 Å². The second kappa shape index (κ2) is 4.86. The van der Waals surface area contributed by atoms with Gasteiger partial charge in [-0.15, -0.1) is 0 Å². The summed E-state index contributed by atoms with van der Waals surface area (Å²) in [5.74, 6) is -1.01. The molecule has 0 amide bonds. The molecule has 0 bridgehead atoms. The van der Waals surface area contributed by atoms with Crippen LogP contribution in [0.15, 0.2) is 21.3 Å². The zero-order valence-electron chi connectivity index (χ0n) is 7.08. The molecule has 0 aliphatic rings. The molecule has 76 valence electrons. The van der Waals surface area contributed by atoms with Gasteiger partial charge in [0, 0.05) is 6.20 Å². The fraction of sp³-hybridized carbons (Fsp3) is 0.250. The highest BCUT2D eigenvalue weighted by molar-refractivity contribution is 9.13. The van der Waals surface area contributed by atoms with Crippen LogP contribution in [-0.4, -0.2) is 22.1 Å². The van der Waals surface area contributed by atoms with Crippen LogP contribution in [0.2, 0.25) is 0 Å². The van der Waals surface area contributed by atoms with Crippen LogP contribution in [0.5, 0.6) is 0 Å². The highest BCUT2D eigenvalue weighted by atomic mass is 79.9. The molecular weight excluding hydrogens is 316 g/mol. The first-order chi connectivity index (χ1) is 6.52. The summed E-state index contributed by atoms with van der Waals surface area (Å²) >= 11 is 6.53. The van der Waals surface area contributed by atoms with Gasteiger partial charge >= 0.3 is 5.97 Å². The third-order valence-corrected chi connectivity index (χ3v) is 3.70. The summed E-state index contributed by atoms with van der Waals surface area (Å²) in [5.41, 5.74) is 6.23. The van der Waals surface area contributed by atoms with Gasteiger partial charge in [-0.3, -0.25) is 4.79 Å². The van der Waals surface area contributed by atoms with Crippen LogP contribution in [0.25, 0.3) is 0 Å². The first kappa shape index (κ1) is 11.6. The van der Waals surface area contributed by atoms with Gasteiger partial charge in [-0.05, 0) is 49.9 Å². The fourth-order valence-electron chi connectivity index (χ4n) is 0.937. The molecule has 0 radical (unpaired) electrons. The minimum absolute atomic E-state index is 0.275. The smallest absolute Gasteiger partial charge is 0.320 e. The molecule has 1 aromatic rings. The Bertz CT molecular complexity index is 357. The molecule has 0 spiro atoms. The van der Waals surface area contributed by atoms with Gasteiger partial charge in [0.2, 0.25) is 0 Å². The number of pyridine rings is 1. The third-order valence-electron chi connectivity index (χ3n) is 1.68. The van der Waals surface area contributed by atoms with E-state index in [1.165, 1.54) is 0 Å². The number of aromatic nitrogens is 1.